The minimum Gasteiger partial charge on any atom is -0.385 e. The molecular weight excluding hydrogens is 340 g/mol. The molecule has 1 aromatic heterocycles. The maximum atomic E-state index is 12.3. The van der Waals surface area contributed by atoms with Gasteiger partial charge in [-0.05, 0) is 43.7 Å². The molecule has 2 heterocycles. The fourth-order valence-electron chi connectivity index (χ4n) is 2.57. The maximum absolute atomic E-state index is 12.3. The fraction of sp³-hybridized carbons (Fsp3) is 0.278. The number of amides is 1. The predicted molar refractivity (Wildman–Crippen MR) is 98.0 cm³/mol. The van der Waals surface area contributed by atoms with Crippen LogP contribution in [0.4, 0.5) is 5.69 Å². The summed E-state index contributed by atoms with van der Waals surface area (Å²) in [5, 5.41) is 3.31. The summed E-state index contributed by atoms with van der Waals surface area (Å²) in [5.41, 5.74) is 7.19. The average Bonchev–Trinajstić information content (AvgIpc) is 2.59. The van der Waals surface area contributed by atoms with Gasteiger partial charge in [-0.2, -0.15) is 0 Å². The summed E-state index contributed by atoms with van der Waals surface area (Å²) in [6, 6.07) is 10.7. The highest BCUT2D eigenvalue weighted by atomic mass is 35.5. The lowest BCUT2D eigenvalue weighted by Crippen LogP contribution is -2.42. The van der Waals surface area contributed by atoms with Gasteiger partial charge >= 0.3 is 0 Å². The number of nitrogens with two attached hydrogens (primary N) is 1. The third kappa shape index (κ3) is 3.81. The van der Waals surface area contributed by atoms with E-state index >= 15 is 0 Å². The molecule has 3 rings (SSSR count). The number of carbonyl (C=O) groups excluding carboxylic acids is 1. The van der Waals surface area contributed by atoms with Crippen LogP contribution in [0.25, 0.3) is 0 Å². The smallest absolute Gasteiger partial charge is 0.274 e. The molecule has 25 heavy (non-hydrogen) atoms. The second-order valence-corrected chi connectivity index (χ2v) is 6.60. The Balaban J connectivity index is 1.82. The zero-order valence-electron chi connectivity index (χ0n) is 14.0. The Hall–Kier alpha value is -2.44. The fourth-order valence-corrected chi connectivity index (χ4v) is 2.68. The number of aromatic nitrogens is 1. The van der Waals surface area contributed by atoms with Gasteiger partial charge in [-0.25, -0.2) is 4.98 Å². The van der Waals surface area contributed by atoms with Crippen molar-refractivity contribution in [1.29, 1.82) is 0 Å². The number of hydrogen-bond acceptors (Lipinski definition) is 5. The van der Waals surface area contributed by atoms with Gasteiger partial charge < -0.3 is 15.8 Å². The Morgan fingerprint density at radius 3 is 2.88 bits per heavy atom. The zero-order chi connectivity index (χ0) is 18.0. The van der Waals surface area contributed by atoms with E-state index in [4.69, 9.17) is 22.1 Å². The summed E-state index contributed by atoms with van der Waals surface area (Å²) in [5.74, 6) is 0.157. The number of anilines is 1. The first-order valence-electron chi connectivity index (χ1n) is 7.88. The first-order chi connectivity index (χ1) is 11.9. The van der Waals surface area contributed by atoms with Crippen molar-refractivity contribution in [1.82, 2.24) is 4.98 Å². The number of benzene rings is 1. The van der Waals surface area contributed by atoms with Gasteiger partial charge in [0, 0.05) is 11.9 Å². The Morgan fingerprint density at radius 1 is 1.40 bits per heavy atom. The topological polar surface area (TPSA) is 89.6 Å². The van der Waals surface area contributed by atoms with E-state index in [2.05, 4.69) is 15.3 Å². The van der Waals surface area contributed by atoms with Crippen molar-refractivity contribution >= 4 is 29.0 Å². The van der Waals surface area contributed by atoms with E-state index < -0.39 is 5.54 Å². The van der Waals surface area contributed by atoms with E-state index in [-0.39, 0.29) is 17.7 Å². The van der Waals surface area contributed by atoms with E-state index in [0.29, 0.717) is 23.2 Å². The molecule has 0 radical (unpaired) electrons. The van der Waals surface area contributed by atoms with E-state index in [1.165, 1.54) is 6.20 Å². The van der Waals surface area contributed by atoms with E-state index in [0.717, 1.165) is 5.56 Å². The van der Waals surface area contributed by atoms with Crippen LogP contribution in [0.5, 0.6) is 0 Å². The minimum atomic E-state index is -0.587. The van der Waals surface area contributed by atoms with Crippen molar-refractivity contribution in [3.8, 4) is 0 Å². The lowest BCUT2D eigenvalue weighted by atomic mass is 9.92. The highest BCUT2D eigenvalue weighted by Gasteiger charge is 2.32. The van der Waals surface area contributed by atoms with Crippen LogP contribution in [-0.2, 0) is 10.3 Å². The molecule has 2 atom stereocenters. The molecule has 0 saturated carbocycles. The van der Waals surface area contributed by atoms with Gasteiger partial charge in [-0.3, -0.25) is 9.79 Å². The standard InChI is InChI=1S/C18H19ClN4O2/c1-11-16(20)23-18(2,10-25-11)12-4-3-5-14(8-12)22-17(24)15-7-6-13(19)9-21-15/h3-9,11H,10H2,1-2H3,(H2,20,23)(H,22,24)/t11-,18+/m0/s1. The molecule has 0 bridgehead atoms. The van der Waals surface area contributed by atoms with Crippen LogP contribution in [0.15, 0.2) is 47.6 Å². The number of halogens is 1. The van der Waals surface area contributed by atoms with Gasteiger partial charge in [0.15, 0.2) is 0 Å². The normalized spacial score (nSPS) is 23.0. The van der Waals surface area contributed by atoms with Crippen LogP contribution in [-0.4, -0.2) is 29.4 Å². The van der Waals surface area contributed by atoms with E-state index in [1.807, 2.05) is 32.0 Å². The van der Waals surface area contributed by atoms with Crippen molar-refractivity contribution in [2.75, 3.05) is 11.9 Å². The molecule has 130 valence electrons. The van der Waals surface area contributed by atoms with Crippen molar-refractivity contribution in [3.05, 3.63) is 58.9 Å². The van der Waals surface area contributed by atoms with Crippen LogP contribution in [0.1, 0.15) is 29.9 Å². The number of nitrogens with one attached hydrogen (secondary N) is 1. The number of amidine groups is 1. The van der Waals surface area contributed by atoms with Crippen molar-refractivity contribution in [2.45, 2.75) is 25.5 Å². The van der Waals surface area contributed by atoms with Gasteiger partial charge in [0.2, 0.25) is 0 Å². The van der Waals surface area contributed by atoms with Gasteiger partial charge in [0.1, 0.15) is 23.2 Å². The van der Waals surface area contributed by atoms with Crippen LogP contribution < -0.4 is 11.1 Å². The molecule has 0 spiro atoms. The van der Waals surface area contributed by atoms with E-state index in [9.17, 15) is 4.79 Å². The molecule has 7 heteroatoms. The molecule has 0 saturated heterocycles. The van der Waals surface area contributed by atoms with Crippen LogP contribution >= 0.6 is 11.6 Å². The summed E-state index contributed by atoms with van der Waals surface area (Å²) in [6.45, 7) is 4.24. The highest BCUT2D eigenvalue weighted by Crippen LogP contribution is 2.31. The lowest BCUT2D eigenvalue weighted by molar-refractivity contribution is 0.0549. The zero-order valence-corrected chi connectivity index (χ0v) is 14.7. The summed E-state index contributed by atoms with van der Waals surface area (Å²) >= 11 is 5.79. The molecule has 1 amide bonds. The monoisotopic (exact) mass is 358 g/mol. The maximum Gasteiger partial charge on any atom is 0.274 e. The Labute approximate surface area is 151 Å². The van der Waals surface area contributed by atoms with Gasteiger partial charge in [-0.1, -0.05) is 23.7 Å². The highest BCUT2D eigenvalue weighted by molar-refractivity contribution is 6.30. The molecule has 0 fully saturated rings. The van der Waals surface area contributed by atoms with Gasteiger partial charge in [0.25, 0.3) is 5.91 Å². The first kappa shape index (κ1) is 17.4. The predicted octanol–water partition coefficient (Wildman–Crippen LogP) is 2.98. The second kappa shape index (κ2) is 6.82. The third-order valence-electron chi connectivity index (χ3n) is 4.11. The Kier molecular flexibility index (Phi) is 4.74. The minimum absolute atomic E-state index is 0.188. The number of carbonyl (C=O) groups is 1. The summed E-state index contributed by atoms with van der Waals surface area (Å²) in [6.07, 6.45) is 1.25. The number of ether oxygens (including phenoxy) is 1. The first-order valence-corrected chi connectivity index (χ1v) is 8.25. The molecule has 6 nitrogen and oxygen atoms in total. The SMILES string of the molecule is C[C@@H]1OC[C@](C)(c2cccc(NC(=O)c3ccc(Cl)cn3)c2)N=C1N. The average molecular weight is 359 g/mol. The molecule has 0 unspecified atom stereocenters. The number of rotatable bonds is 3. The van der Waals surface area contributed by atoms with Crippen molar-refractivity contribution in [2.24, 2.45) is 10.7 Å². The number of nitrogens with zero attached hydrogens (tertiary/aromatic N) is 2. The summed E-state index contributed by atoms with van der Waals surface area (Å²) in [4.78, 5) is 20.9. The molecule has 1 aliphatic rings. The number of pyridine rings is 1. The summed E-state index contributed by atoms with van der Waals surface area (Å²) < 4.78 is 5.70. The Morgan fingerprint density at radius 2 is 2.20 bits per heavy atom. The van der Waals surface area contributed by atoms with Crippen LogP contribution in [0.2, 0.25) is 5.02 Å². The van der Waals surface area contributed by atoms with Crippen molar-refractivity contribution < 1.29 is 9.53 Å². The Bertz CT molecular complexity index is 822. The van der Waals surface area contributed by atoms with E-state index in [1.54, 1.807) is 18.2 Å². The second-order valence-electron chi connectivity index (χ2n) is 6.16. The quantitative estimate of drug-likeness (QED) is 0.882. The summed E-state index contributed by atoms with van der Waals surface area (Å²) in [7, 11) is 0. The van der Waals surface area contributed by atoms with Crippen LogP contribution in [0.3, 0.4) is 0 Å². The molecule has 2 aromatic rings. The largest absolute Gasteiger partial charge is 0.385 e. The lowest BCUT2D eigenvalue weighted by Gasteiger charge is -2.33. The molecule has 1 aliphatic heterocycles. The van der Waals surface area contributed by atoms with Gasteiger partial charge in [0.05, 0.1) is 11.6 Å². The van der Waals surface area contributed by atoms with Crippen LogP contribution in [0, 0.1) is 0 Å². The molecule has 0 aliphatic carbocycles. The van der Waals surface area contributed by atoms with Crippen molar-refractivity contribution in [3.63, 3.8) is 0 Å². The molecular formula is C18H19ClN4O2. The molecule has 1 aromatic carbocycles. The number of aliphatic imine (C=N–C) groups is 1. The van der Waals surface area contributed by atoms with Gasteiger partial charge in [-0.15, -0.1) is 0 Å². The molecule has 3 N–H and O–H groups in total. The third-order valence-corrected chi connectivity index (χ3v) is 4.33. The number of hydrogen-bond donors (Lipinski definition) is 2.